The van der Waals surface area contributed by atoms with Crippen LogP contribution in [0.15, 0.2) is 10.5 Å². The van der Waals surface area contributed by atoms with Gasteiger partial charge >= 0.3 is 12.0 Å². The predicted molar refractivity (Wildman–Crippen MR) is 59.7 cm³/mol. The molecule has 1 aromatic heterocycles. The molecule has 1 rings (SSSR count). The van der Waals surface area contributed by atoms with Crippen molar-refractivity contribution < 1.29 is 19.1 Å². The third-order valence-electron chi connectivity index (χ3n) is 2.05. The number of nitrogens with one attached hydrogen (secondary N) is 2. The van der Waals surface area contributed by atoms with Crippen molar-refractivity contribution in [2.45, 2.75) is 13.5 Å². The van der Waals surface area contributed by atoms with Crippen LogP contribution < -0.4 is 16.4 Å². The van der Waals surface area contributed by atoms with E-state index in [1.807, 2.05) is 0 Å². The van der Waals surface area contributed by atoms with Gasteiger partial charge in [-0.25, -0.2) is 9.59 Å². The van der Waals surface area contributed by atoms with Crippen molar-refractivity contribution in [3.63, 3.8) is 0 Å². The number of carbonyl (C=O) groups is 2. The van der Waals surface area contributed by atoms with E-state index in [0.717, 1.165) is 0 Å². The van der Waals surface area contributed by atoms with Gasteiger partial charge in [-0.15, -0.1) is 0 Å². The first kappa shape index (κ1) is 13.0. The van der Waals surface area contributed by atoms with Crippen molar-refractivity contribution in [1.29, 1.82) is 0 Å². The van der Waals surface area contributed by atoms with Crippen LogP contribution in [0.2, 0.25) is 0 Å². The highest BCUT2D eigenvalue weighted by Gasteiger charge is 2.13. The summed E-state index contributed by atoms with van der Waals surface area (Å²) in [7, 11) is 0. The standard InChI is InChI=1S/C10H15N3O4/c1-6-8(9(14)15)4-7(17-6)5-13-10(16)12-3-2-11/h4H,2-3,5,11H2,1H3,(H,14,15)(H2,12,13,16). The lowest BCUT2D eigenvalue weighted by Gasteiger charge is -2.04. The normalized spacial score (nSPS) is 10.0. The maximum Gasteiger partial charge on any atom is 0.339 e. The summed E-state index contributed by atoms with van der Waals surface area (Å²) in [5, 5.41) is 13.8. The molecule has 0 aliphatic heterocycles. The number of aromatic carboxylic acids is 1. The maximum atomic E-state index is 11.2. The molecule has 0 radical (unpaired) electrons. The van der Waals surface area contributed by atoms with E-state index in [-0.39, 0.29) is 18.1 Å². The molecule has 0 fully saturated rings. The molecule has 2 amide bonds. The Balaban J connectivity index is 2.50. The molecule has 94 valence electrons. The Hall–Kier alpha value is -2.02. The second kappa shape index (κ2) is 5.90. The van der Waals surface area contributed by atoms with E-state index in [1.165, 1.54) is 6.07 Å². The first-order valence-electron chi connectivity index (χ1n) is 5.09. The van der Waals surface area contributed by atoms with Crippen molar-refractivity contribution in [1.82, 2.24) is 10.6 Å². The summed E-state index contributed by atoms with van der Waals surface area (Å²) in [6, 6.07) is 1.02. The minimum Gasteiger partial charge on any atom is -0.478 e. The predicted octanol–water partition coefficient (Wildman–Crippen LogP) is 0.0441. The van der Waals surface area contributed by atoms with Crippen LogP contribution in [0.3, 0.4) is 0 Å². The van der Waals surface area contributed by atoms with Gasteiger partial charge in [0.05, 0.1) is 6.54 Å². The number of urea groups is 1. The van der Waals surface area contributed by atoms with Crippen molar-refractivity contribution >= 4 is 12.0 Å². The lowest BCUT2D eigenvalue weighted by molar-refractivity contribution is 0.0695. The van der Waals surface area contributed by atoms with Gasteiger partial charge in [0, 0.05) is 13.1 Å². The summed E-state index contributed by atoms with van der Waals surface area (Å²) >= 11 is 0. The molecule has 0 aliphatic rings. The molecule has 0 saturated carbocycles. The first-order valence-corrected chi connectivity index (χ1v) is 5.09. The molecule has 0 atom stereocenters. The van der Waals surface area contributed by atoms with Gasteiger partial charge in [-0.05, 0) is 13.0 Å². The molecule has 0 bridgehead atoms. The molecule has 1 heterocycles. The first-order chi connectivity index (χ1) is 8.04. The Labute approximate surface area is 98.0 Å². The fraction of sp³-hybridized carbons (Fsp3) is 0.400. The second-order valence-corrected chi connectivity index (χ2v) is 3.39. The number of rotatable bonds is 5. The topological polar surface area (TPSA) is 118 Å². The second-order valence-electron chi connectivity index (χ2n) is 3.39. The monoisotopic (exact) mass is 241 g/mol. The molecule has 0 unspecified atom stereocenters. The van der Waals surface area contributed by atoms with Crippen LogP contribution in [-0.4, -0.2) is 30.2 Å². The van der Waals surface area contributed by atoms with Crippen LogP contribution >= 0.6 is 0 Å². The fourth-order valence-electron chi connectivity index (χ4n) is 1.26. The molecule has 7 nitrogen and oxygen atoms in total. The van der Waals surface area contributed by atoms with E-state index in [1.54, 1.807) is 6.92 Å². The largest absolute Gasteiger partial charge is 0.478 e. The quantitative estimate of drug-likeness (QED) is 0.580. The highest BCUT2D eigenvalue weighted by molar-refractivity contribution is 5.88. The van der Waals surface area contributed by atoms with Gasteiger partial charge in [0.25, 0.3) is 0 Å². The molecular formula is C10H15N3O4. The van der Waals surface area contributed by atoms with Crippen LogP contribution in [0.25, 0.3) is 0 Å². The molecule has 0 aliphatic carbocycles. The third kappa shape index (κ3) is 3.80. The molecule has 0 aromatic carbocycles. The van der Waals surface area contributed by atoms with E-state index in [4.69, 9.17) is 15.3 Å². The van der Waals surface area contributed by atoms with Gasteiger partial charge in [-0.2, -0.15) is 0 Å². The molecule has 0 spiro atoms. The average Bonchev–Trinajstić information content (AvgIpc) is 2.65. The van der Waals surface area contributed by atoms with Crippen LogP contribution in [0.5, 0.6) is 0 Å². The number of carboxylic acid groups (broad SMARTS) is 1. The Kier molecular flexibility index (Phi) is 4.53. The van der Waals surface area contributed by atoms with Gasteiger partial charge in [0.1, 0.15) is 17.1 Å². The zero-order chi connectivity index (χ0) is 12.8. The smallest absolute Gasteiger partial charge is 0.339 e. The van der Waals surface area contributed by atoms with Gasteiger partial charge in [-0.3, -0.25) is 0 Å². The number of carbonyl (C=O) groups excluding carboxylic acids is 1. The molecule has 1 aromatic rings. The SMILES string of the molecule is Cc1oc(CNC(=O)NCCN)cc1C(=O)O. The van der Waals surface area contributed by atoms with Crippen LogP contribution in [0.4, 0.5) is 4.79 Å². The summed E-state index contributed by atoms with van der Waals surface area (Å²) < 4.78 is 5.18. The molecule has 5 N–H and O–H groups in total. The van der Waals surface area contributed by atoms with Crippen LogP contribution in [-0.2, 0) is 6.54 Å². The Morgan fingerprint density at radius 2 is 2.18 bits per heavy atom. The highest BCUT2D eigenvalue weighted by Crippen LogP contribution is 2.14. The lowest BCUT2D eigenvalue weighted by Crippen LogP contribution is -2.37. The Morgan fingerprint density at radius 3 is 2.71 bits per heavy atom. The average molecular weight is 241 g/mol. The molecule has 0 saturated heterocycles. The fourth-order valence-corrected chi connectivity index (χ4v) is 1.26. The number of hydrogen-bond acceptors (Lipinski definition) is 4. The summed E-state index contributed by atoms with van der Waals surface area (Å²) in [6.45, 7) is 2.42. The Bertz CT molecular complexity index is 414. The van der Waals surface area contributed by atoms with Crippen LogP contribution in [0.1, 0.15) is 21.9 Å². The summed E-state index contributed by atoms with van der Waals surface area (Å²) in [6.07, 6.45) is 0. The maximum absolute atomic E-state index is 11.2. The minimum absolute atomic E-state index is 0.101. The van der Waals surface area contributed by atoms with Crippen molar-refractivity contribution in [3.8, 4) is 0 Å². The number of furan rings is 1. The molecule has 7 heteroatoms. The summed E-state index contributed by atoms with van der Waals surface area (Å²) in [5.74, 6) is -0.343. The van der Waals surface area contributed by atoms with Crippen LogP contribution in [0, 0.1) is 6.92 Å². The molecular weight excluding hydrogens is 226 g/mol. The van der Waals surface area contributed by atoms with E-state index in [0.29, 0.717) is 24.6 Å². The minimum atomic E-state index is -1.05. The van der Waals surface area contributed by atoms with Gasteiger partial charge in [-0.1, -0.05) is 0 Å². The zero-order valence-electron chi connectivity index (χ0n) is 9.45. The van der Waals surface area contributed by atoms with Gasteiger partial charge in [0.2, 0.25) is 0 Å². The number of hydrogen-bond donors (Lipinski definition) is 4. The van der Waals surface area contributed by atoms with Gasteiger partial charge < -0.3 is 25.9 Å². The zero-order valence-corrected chi connectivity index (χ0v) is 9.45. The van der Waals surface area contributed by atoms with Crippen molar-refractivity contribution in [2.24, 2.45) is 5.73 Å². The van der Waals surface area contributed by atoms with E-state index in [9.17, 15) is 9.59 Å². The summed E-state index contributed by atoms with van der Waals surface area (Å²) in [4.78, 5) is 21.9. The highest BCUT2D eigenvalue weighted by atomic mass is 16.4. The van der Waals surface area contributed by atoms with Crippen molar-refractivity contribution in [2.75, 3.05) is 13.1 Å². The third-order valence-corrected chi connectivity index (χ3v) is 2.05. The van der Waals surface area contributed by atoms with Crippen molar-refractivity contribution in [3.05, 3.63) is 23.2 Å². The lowest BCUT2D eigenvalue weighted by atomic mass is 10.2. The van der Waals surface area contributed by atoms with Gasteiger partial charge in [0.15, 0.2) is 0 Å². The van der Waals surface area contributed by atoms with E-state index in [2.05, 4.69) is 10.6 Å². The van der Waals surface area contributed by atoms with E-state index < -0.39 is 5.97 Å². The Morgan fingerprint density at radius 1 is 1.47 bits per heavy atom. The number of carboxylic acids is 1. The number of aryl methyl sites for hydroxylation is 1. The molecule has 17 heavy (non-hydrogen) atoms. The number of amides is 2. The summed E-state index contributed by atoms with van der Waals surface area (Å²) in [5.41, 5.74) is 5.32. The van der Waals surface area contributed by atoms with E-state index >= 15 is 0 Å². The number of nitrogens with two attached hydrogens (primary N) is 1.